The third-order valence-corrected chi connectivity index (χ3v) is 6.19. The lowest BCUT2D eigenvalue weighted by Gasteiger charge is -2.42. The van der Waals surface area contributed by atoms with Gasteiger partial charge in [0.2, 0.25) is 0 Å². The van der Waals surface area contributed by atoms with Crippen molar-refractivity contribution in [2.45, 2.75) is 43.4 Å². The van der Waals surface area contributed by atoms with Gasteiger partial charge >= 0.3 is 0 Å². The van der Waals surface area contributed by atoms with Crippen molar-refractivity contribution in [3.05, 3.63) is 46.2 Å². The highest BCUT2D eigenvalue weighted by atomic mass is 16.5. The number of para-hydroxylation sites is 1. The molecule has 2 aromatic rings. The first-order valence-electron chi connectivity index (χ1n) is 9.10. The summed E-state index contributed by atoms with van der Waals surface area (Å²) in [5.74, 6) is -0.269. The number of ether oxygens (including phenoxy) is 1. The molecule has 0 spiro atoms. The van der Waals surface area contributed by atoms with Crippen molar-refractivity contribution in [1.29, 1.82) is 0 Å². The Morgan fingerprint density at radius 3 is 2.85 bits per heavy atom. The zero-order chi connectivity index (χ0) is 18.5. The Morgan fingerprint density at radius 1 is 1.31 bits per heavy atom. The number of fused-ring (bicyclic) bond motifs is 2. The summed E-state index contributed by atoms with van der Waals surface area (Å²) in [6.45, 7) is 0.542. The molecule has 1 saturated carbocycles. The quantitative estimate of drug-likeness (QED) is 0.889. The lowest BCUT2D eigenvalue weighted by atomic mass is 9.79. The molecule has 4 rings (SSSR count). The van der Waals surface area contributed by atoms with Gasteiger partial charge in [0.05, 0.1) is 23.3 Å². The molecule has 0 bridgehead atoms. The van der Waals surface area contributed by atoms with E-state index in [2.05, 4.69) is 0 Å². The second kappa shape index (κ2) is 6.21. The number of aliphatic hydroxyl groups is 1. The molecule has 26 heavy (non-hydrogen) atoms. The fourth-order valence-electron chi connectivity index (χ4n) is 4.65. The highest BCUT2D eigenvalue weighted by Crippen LogP contribution is 2.42. The number of aliphatic hydroxyl groups excluding tert-OH is 1. The lowest BCUT2D eigenvalue weighted by Crippen LogP contribution is -2.53. The summed E-state index contributed by atoms with van der Waals surface area (Å²) in [7, 11) is 3.36. The van der Waals surface area contributed by atoms with Gasteiger partial charge in [-0.3, -0.25) is 9.59 Å². The number of nitrogens with zero attached hydrogens (tertiary/aromatic N) is 2. The Labute approximate surface area is 152 Å². The molecular weight excluding hydrogens is 332 g/mol. The zero-order valence-corrected chi connectivity index (χ0v) is 15.1. The van der Waals surface area contributed by atoms with Gasteiger partial charge in [0.25, 0.3) is 11.5 Å². The molecule has 1 aromatic heterocycles. The maximum atomic E-state index is 13.3. The summed E-state index contributed by atoms with van der Waals surface area (Å²) < 4.78 is 7.33. The summed E-state index contributed by atoms with van der Waals surface area (Å²) >= 11 is 0. The van der Waals surface area contributed by atoms with E-state index in [1.54, 1.807) is 25.1 Å². The van der Waals surface area contributed by atoms with Crippen molar-refractivity contribution in [1.82, 2.24) is 9.47 Å². The molecule has 2 fully saturated rings. The maximum Gasteiger partial charge on any atom is 0.263 e. The SMILES string of the molecule is CO[C@@]12CC[C@H](O)C[C@@H]1N(C(=O)c1cc3ccccc3n(C)c1=O)CC2. The number of aromatic nitrogens is 1. The normalized spacial score (nSPS) is 28.3. The molecule has 1 aromatic carbocycles. The van der Waals surface area contributed by atoms with Crippen LogP contribution in [0.1, 0.15) is 36.0 Å². The maximum absolute atomic E-state index is 13.3. The standard InChI is InChI=1S/C20H24N2O4/c1-21-16-6-4-3-5-13(16)11-15(18(21)24)19(25)22-10-9-20(26-2)8-7-14(23)12-17(20)22/h3-6,11,14,17,23H,7-10,12H2,1-2H3/t14-,17-,20+/m0/s1. The van der Waals surface area contributed by atoms with Gasteiger partial charge in [0.15, 0.2) is 0 Å². The Balaban J connectivity index is 1.75. The van der Waals surface area contributed by atoms with Crippen LogP contribution in [-0.4, -0.2) is 51.9 Å². The Hall–Kier alpha value is -2.18. The number of hydrogen-bond donors (Lipinski definition) is 1. The van der Waals surface area contributed by atoms with Crippen molar-refractivity contribution < 1.29 is 14.6 Å². The molecule has 1 aliphatic carbocycles. The Kier molecular flexibility index (Phi) is 4.12. The molecule has 1 aliphatic heterocycles. The van der Waals surface area contributed by atoms with Crippen LogP contribution >= 0.6 is 0 Å². The molecule has 2 aliphatic rings. The average Bonchev–Trinajstić information content (AvgIpc) is 3.03. The topological polar surface area (TPSA) is 71.8 Å². The molecular formula is C20H24N2O4. The molecule has 1 saturated heterocycles. The van der Waals surface area contributed by atoms with E-state index in [0.29, 0.717) is 19.4 Å². The predicted molar refractivity (Wildman–Crippen MR) is 98.2 cm³/mol. The van der Waals surface area contributed by atoms with E-state index in [4.69, 9.17) is 4.74 Å². The average molecular weight is 356 g/mol. The van der Waals surface area contributed by atoms with Gasteiger partial charge in [-0.25, -0.2) is 0 Å². The largest absolute Gasteiger partial charge is 0.393 e. The number of methoxy groups -OCH3 is 1. The lowest BCUT2D eigenvalue weighted by molar-refractivity contribution is -0.0824. The number of rotatable bonds is 2. The molecule has 1 N–H and O–H groups in total. The zero-order valence-electron chi connectivity index (χ0n) is 15.1. The number of carbonyl (C=O) groups is 1. The number of amides is 1. The van der Waals surface area contributed by atoms with E-state index in [9.17, 15) is 14.7 Å². The van der Waals surface area contributed by atoms with E-state index in [1.165, 1.54) is 4.57 Å². The first kappa shape index (κ1) is 17.2. The van der Waals surface area contributed by atoms with Crippen molar-refractivity contribution in [3.63, 3.8) is 0 Å². The smallest absolute Gasteiger partial charge is 0.263 e. The molecule has 3 atom stereocenters. The number of pyridine rings is 1. The summed E-state index contributed by atoms with van der Waals surface area (Å²) in [5, 5.41) is 11.0. The van der Waals surface area contributed by atoms with Crippen LogP contribution in [0, 0.1) is 0 Å². The fraction of sp³-hybridized carbons (Fsp3) is 0.500. The minimum absolute atomic E-state index is 0.179. The summed E-state index contributed by atoms with van der Waals surface area (Å²) in [5.41, 5.74) is 0.282. The van der Waals surface area contributed by atoms with Gasteiger partial charge in [-0.05, 0) is 43.2 Å². The molecule has 0 unspecified atom stereocenters. The van der Waals surface area contributed by atoms with Crippen LogP contribution in [-0.2, 0) is 11.8 Å². The van der Waals surface area contributed by atoms with E-state index < -0.39 is 11.7 Å². The molecule has 6 nitrogen and oxygen atoms in total. The van der Waals surface area contributed by atoms with E-state index in [1.807, 2.05) is 24.3 Å². The fourth-order valence-corrected chi connectivity index (χ4v) is 4.65. The van der Waals surface area contributed by atoms with Crippen LogP contribution in [0.2, 0.25) is 0 Å². The third kappa shape index (κ3) is 2.47. The second-order valence-corrected chi connectivity index (χ2v) is 7.44. The van der Waals surface area contributed by atoms with Crippen molar-refractivity contribution in [2.24, 2.45) is 7.05 Å². The highest BCUT2D eigenvalue weighted by Gasteiger charge is 2.52. The van der Waals surface area contributed by atoms with E-state index in [0.717, 1.165) is 23.7 Å². The van der Waals surface area contributed by atoms with Crippen LogP contribution in [0.25, 0.3) is 10.9 Å². The van der Waals surface area contributed by atoms with Crippen LogP contribution < -0.4 is 5.56 Å². The van der Waals surface area contributed by atoms with Crippen LogP contribution in [0.5, 0.6) is 0 Å². The first-order chi connectivity index (χ1) is 12.5. The van der Waals surface area contributed by atoms with E-state index in [-0.39, 0.29) is 23.1 Å². The summed E-state index contributed by atoms with van der Waals surface area (Å²) in [6.07, 6.45) is 2.21. The molecule has 0 radical (unpaired) electrons. The van der Waals surface area contributed by atoms with Crippen LogP contribution in [0.4, 0.5) is 0 Å². The van der Waals surface area contributed by atoms with Gasteiger partial charge < -0.3 is 19.3 Å². The third-order valence-electron chi connectivity index (χ3n) is 6.19. The number of likely N-dealkylation sites (tertiary alicyclic amines) is 1. The van der Waals surface area contributed by atoms with Gasteiger partial charge in [-0.2, -0.15) is 0 Å². The van der Waals surface area contributed by atoms with Gasteiger partial charge in [-0.1, -0.05) is 18.2 Å². The minimum Gasteiger partial charge on any atom is -0.393 e. The van der Waals surface area contributed by atoms with Gasteiger partial charge in [-0.15, -0.1) is 0 Å². The number of hydrogen-bond acceptors (Lipinski definition) is 4. The molecule has 6 heteroatoms. The van der Waals surface area contributed by atoms with Crippen LogP contribution in [0.15, 0.2) is 35.1 Å². The van der Waals surface area contributed by atoms with E-state index >= 15 is 0 Å². The highest BCUT2D eigenvalue weighted by molar-refractivity contribution is 5.97. The van der Waals surface area contributed by atoms with Crippen molar-refractivity contribution in [3.8, 4) is 0 Å². The monoisotopic (exact) mass is 356 g/mol. The Bertz CT molecular complexity index is 922. The predicted octanol–water partition coefficient (Wildman–Crippen LogP) is 1.68. The van der Waals surface area contributed by atoms with Crippen molar-refractivity contribution >= 4 is 16.8 Å². The van der Waals surface area contributed by atoms with Crippen LogP contribution in [0.3, 0.4) is 0 Å². The van der Waals surface area contributed by atoms with Gasteiger partial charge in [0, 0.05) is 20.7 Å². The molecule has 138 valence electrons. The Morgan fingerprint density at radius 2 is 2.08 bits per heavy atom. The van der Waals surface area contributed by atoms with Crippen molar-refractivity contribution in [2.75, 3.05) is 13.7 Å². The number of aryl methyl sites for hydroxylation is 1. The molecule has 1 amide bonds. The second-order valence-electron chi connectivity index (χ2n) is 7.44. The number of benzene rings is 1. The minimum atomic E-state index is -0.434. The number of carbonyl (C=O) groups excluding carboxylic acids is 1. The summed E-state index contributed by atoms with van der Waals surface area (Å²) in [6, 6.07) is 9.03. The van der Waals surface area contributed by atoms with Gasteiger partial charge in [0.1, 0.15) is 5.56 Å². The first-order valence-corrected chi connectivity index (χ1v) is 9.10. The molecule has 2 heterocycles. The summed E-state index contributed by atoms with van der Waals surface area (Å²) in [4.78, 5) is 27.8.